The first kappa shape index (κ1) is 14.9. The van der Waals surface area contributed by atoms with Gasteiger partial charge in [-0.25, -0.2) is 13.6 Å². The molecular weight excluding hydrogens is 389 g/mol. The van der Waals surface area contributed by atoms with Crippen molar-refractivity contribution in [1.29, 1.82) is 0 Å². The molecule has 0 aromatic heterocycles. The van der Waals surface area contributed by atoms with Crippen LogP contribution in [0.3, 0.4) is 0 Å². The molecule has 5 nitrogen and oxygen atoms in total. The molecule has 0 bridgehead atoms. The SMILES string of the molecule is NS(=O)(=O)c1ccc(N/N=C/c2ccccc2I)cc1. The van der Waals surface area contributed by atoms with Crippen LogP contribution < -0.4 is 10.6 Å². The lowest BCUT2D eigenvalue weighted by Gasteiger charge is -2.02. The number of hydrogen-bond donors (Lipinski definition) is 2. The predicted molar refractivity (Wildman–Crippen MR) is 88.2 cm³/mol. The second kappa shape index (κ2) is 6.33. The van der Waals surface area contributed by atoms with E-state index in [4.69, 9.17) is 5.14 Å². The monoisotopic (exact) mass is 401 g/mol. The van der Waals surface area contributed by atoms with Gasteiger partial charge in [-0.2, -0.15) is 5.10 Å². The highest BCUT2D eigenvalue weighted by Gasteiger charge is 2.06. The van der Waals surface area contributed by atoms with E-state index in [0.717, 1.165) is 9.13 Å². The summed E-state index contributed by atoms with van der Waals surface area (Å²) in [6.45, 7) is 0. The highest BCUT2D eigenvalue weighted by Crippen LogP contribution is 2.13. The van der Waals surface area contributed by atoms with Gasteiger partial charge in [0.15, 0.2) is 0 Å². The molecule has 104 valence electrons. The van der Waals surface area contributed by atoms with Gasteiger partial charge in [-0.1, -0.05) is 18.2 Å². The zero-order valence-electron chi connectivity index (χ0n) is 10.3. The third-order valence-electron chi connectivity index (χ3n) is 2.49. The third-order valence-corrected chi connectivity index (χ3v) is 4.40. The van der Waals surface area contributed by atoms with Gasteiger partial charge in [0, 0.05) is 9.13 Å². The van der Waals surface area contributed by atoms with Crippen molar-refractivity contribution in [2.75, 3.05) is 5.43 Å². The fourth-order valence-electron chi connectivity index (χ4n) is 1.48. The van der Waals surface area contributed by atoms with E-state index in [9.17, 15) is 8.42 Å². The Morgan fingerprint density at radius 3 is 2.35 bits per heavy atom. The van der Waals surface area contributed by atoms with Crippen molar-refractivity contribution in [3.05, 3.63) is 57.7 Å². The zero-order valence-corrected chi connectivity index (χ0v) is 13.3. The van der Waals surface area contributed by atoms with Crippen LogP contribution in [0.1, 0.15) is 5.56 Å². The van der Waals surface area contributed by atoms with Crippen LogP contribution in [0.15, 0.2) is 58.5 Å². The van der Waals surface area contributed by atoms with E-state index in [1.165, 1.54) is 12.1 Å². The molecule has 2 aromatic rings. The molecule has 0 aliphatic heterocycles. The summed E-state index contributed by atoms with van der Waals surface area (Å²) in [5.74, 6) is 0. The molecule has 0 spiro atoms. The molecule has 0 radical (unpaired) electrons. The lowest BCUT2D eigenvalue weighted by Crippen LogP contribution is -2.11. The maximum absolute atomic E-state index is 11.1. The van der Waals surface area contributed by atoms with Gasteiger partial charge in [0.05, 0.1) is 16.8 Å². The van der Waals surface area contributed by atoms with Gasteiger partial charge >= 0.3 is 0 Å². The number of hydrogen-bond acceptors (Lipinski definition) is 4. The molecule has 0 aliphatic rings. The van der Waals surface area contributed by atoms with E-state index >= 15 is 0 Å². The number of sulfonamides is 1. The molecule has 0 aliphatic carbocycles. The van der Waals surface area contributed by atoms with Crippen LogP contribution in [0.2, 0.25) is 0 Å². The third kappa shape index (κ3) is 4.02. The van der Waals surface area contributed by atoms with Crippen molar-refractivity contribution in [1.82, 2.24) is 0 Å². The van der Waals surface area contributed by atoms with Crippen molar-refractivity contribution in [3.8, 4) is 0 Å². The van der Waals surface area contributed by atoms with Crippen molar-refractivity contribution >= 4 is 44.5 Å². The second-order valence-electron chi connectivity index (χ2n) is 3.96. The molecule has 20 heavy (non-hydrogen) atoms. The Hall–Kier alpha value is -1.45. The van der Waals surface area contributed by atoms with E-state index in [1.807, 2.05) is 24.3 Å². The van der Waals surface area contributed by atoms with Crippen molar-refractivity contribution in [2.45, 2.75) is 4.90 Å². The van der Waals surface area contributed by atoms with Gasteiger partial charge in [-0.15, -0.1) is 0 Å². The van der Waals surface area contributed by atoms with Crippen LogP contribution in [0, 0.1) is 3.57 Å². The topological polar surface area (TPSA) is 84.5 Å². The molecule has 2 rings (SSSR count). The molecule has 0 heterocycles. The summed E-state index contributed by atoms with van der Waals surface area (Å²) in [5.41, 5.74) is 4.51. The van der Waals surface area contributed by atoms with Crippen molar-refractivity contribution < 1.29 is 8.42 Å². The number of nitrogens with zero attached hydrogens (tertiary/aromatic N) is 1. The number of nitrogens with one attached hydrogen (secondary N) is 1. The highest BCUT2D eigenvalue weighted by molar-refractivity contribution is 14.1. The van der Waals surface area contributed by atoms with Crippen LogP contribution in [-0.4, -0.2) is 14.6 Å². The first-order valence-electron chi connectivity index (χ1n) is 5.63. The van der Waals surface area contributed by atoms with E-state index < -0.39 is 10.0 Å². The molecule has 0 saturated carbocycles. The Labute approximate surface area is 131 Å². The summed E-state index contributed by atoms with van der Waals surface area (Å²) in [4.78, 5) is 0.0737. The number of primary sulfonamides is 1. The summed E-state index contributed by atoms with van der Waals surface area (Å²) in [5, 5.41) is 9.13. The quantitative estimate of drug-likeness (QED) is 0.469. The number of anilines is 1. The molecule has 0 amide bonds. The van der Waals surface area contributed by atoms with E-state index in [1.54, 1.807) is 18.3 Å². The Balaban J connectivity index is 2.07. The predicted octanol–water partition coefficient (Wildman–Crippen LogP) is 2.38. The highest BCUT2D eigenvalue weighted by atomic mass is 127. The van der Waals surface area contributed by atoms with E-state index in [-0.39, 0.29) is 4.90 Å². The van der Waals surface area contributed by atoms with Crippen LogP contribution in [0.4, 0.5) is 5.69 Å². The first-order chi connectivity index (χ1) is 9.47. The minimum Gasteiger partial charge on any atom is -0.279 e. The van der Waals surface area contributed by atoms with Crippen LogP contribution in [0.5, 0.6) is 0 Å². The second-order valence-corrected chi connectivity index (χ2v) is 6.68. The largest absolute Gasteiger partial charge is 0.279 e. The molecule has 0 unspecified atom stereocenters. The van der Waals surface area contributed by atoms with Gasteiger partial charge in [0.2, 0.25) is 10.0 Å². The Morgan fingerprint density at radius 1 is 1.10 bits per heavy atom. The average molecular weight is 401 g/mol. The number of nitrogens with two attached hydrogens (primary N) is 1. The lowest BCUT2D eigenvalue weighted by molar-refractivity contribution is 0.598. The molecule has 3 N–H and O–H groups in total. The Kier molecular flexibility index (Phi) is 4.73. The molecule has 0 saturated heterocycles. The fourth-order valence-corrected chi connectivity index (χ4v) is 2.52. The maximum atomic E-state index is 11.1. The summed E-state index contributed by atoms with van der Waals surface area (Å²) in [6.07, 6.45) is 1.70. The standard InChI is InChI=1S/C13H12IN3O2S/c14-13-4-2-1-3-10(13)9-16-17-11-5-7-12(8-6-11)20(15,18)19/h1-9,17H,(H2,15,18,19)/b16-9+. The fraction of sp³-hybridized carbons (Fsp3) is 0. The lowest BCUT2D eigenvalue weighted by atomic mass is 10.2. The number of rotatable bonds is 4. The van der Waals surface area contributed by atoms with Gasteiger partial charge in [-0.3, -0.25) is 5.43 Å². The maximum Gasteiger partial charge on any atom is 0.238 e. The van der Waals surface area contributed by atoms with Gasteiger partial charge in [0.1, 0.15) is 0 Å². The van der Waals surface area contributed by atoms with Gasteiger partial charge in [0.25, 0.3) is 0 Å². The van der Waals surface area contributed by atoms with Crippen LogP contribution in [-0.2, 0) is 10.0 Å². The van der Waals surface area contributed by atoms with Crippen molar-refractivity contribution in [2.24, 2.45) is 10.2 Å². The number of hydrazone groups is 1. The van der Waals surface area contributed by atoms with Gasteiger partial charge < -0.3 is 0 Å². The molecule has 0 fully saturated rings. The van der Waals surface area contributed by atoms with E-state index in [2.05, 4.69) is 33.1 Å². The Bertz CT molecular complexity index is 728. The van der Waals surface area contributed by atoms with Crippen LogP contribution >= 0.6 is 22.6 Å². The summed E-state index contributed by atoms with van der Waals surface area (Å²) < 4.78 is 23.3. The van der Waals surface area contributed by atoms with Gasteiger partial charge in [-0.05, 0) is 52.9 Å². The van der Waals surface area contributed by atoms with Crippen molar-refractivity contribution in [3.63, 3.8) is 0 Å². The zero-order chi connectivity index (χ0) is 14.6. The first-order valence-corrected chi connectivity index (χ1v) is 8.26. The van der Waals surface area contributed by atoms with Crippen LogP contribution in [0.25, 0.3) is 0 Å². The summed E-state index contributed by atoms with van der Waals surface area (Å²) in [6, 6.07) is 13.9. The molecule has 2 aromatic carbocycles. The van der Waals surface area contributed by atoms with E-state index in [0.29, 0.717) is 5.69 Å². The summed E-state index contributed by atoms with van der Waals surface area (Å²) in [7, 11) is -3.66. The summed E-state index contributed by atoms with van der Waals surface area (Å²) >= 11 is 2.23. The minimum absolute atomic E-state index is 0.0737. The Morgan fingerprint density at radius 2 is 1.75 bits per heavy atom. The minimum atomic E-state index is -3.66. The molecular formula is C13H12IN3O2S. The normalized spacial score (nSPS) is 11.7. The number of halogens is 1. The molecule has 7 heteroatoms. The molecule has 0 atom stereocenters. The number of benzene rings is 2. The smallest absolute Gasteiger partial charge is 0.238 e. The average Bonchev–Trinajstić information content (AvgIpc) is 2.40.